The van der Waals surface area contributed by atoms with Crippen molar-refractivity contribution in [1.82, 2.24) is 0 Å². The minimum Gasteiger partial charge on any atom is -0.465 e. The lowest BCUT2D eigenvalue weighted by Crippen LogP contribution is -2.16. The van der Waals surface area contributed by atoms with E-state index in [2.05, 4.69) is 9.46 Å². The molecule has 0 unspecified atom stereocenters. The number of halogens is 3. The molecular formula is C14H10Cl2FNO4S. The number of benzene rings is 2. The van der Waals surface area contributed by atoms with Crippen molar-refractivity contribution < 1.29 is 22.3 Å². The average Bonchev–Trinajstić information content (AvgIpc) is 2.50. The Morgan fingerprint density at radius 3 is 2.52 bits per heavy atom. The third-order valence-corrected chi connectivity index (χ3v) is 4.76. The molecule has 1 N–H and O–H groups in total. The van der Waals surface area contributed by atoms with E-state index in [-0.39, 0.29) is 21.3 Å². The molecule has 2 aromatic rings. The summed E-state index contributed by atoms with van der Waals surface area (Å²) in [6.45, 7) is 0. The van der Waals surface area contributed by atoms with E-state index in [1.54, 1.807) is 0 Å². The minimum absolute atomic E-state index is 0.0120. The summed E-state index contributed by atoms with van der Waals surface area (Å²) in [5, 5.41) is 0.332. The first kappa shape index (κ1) is 17.5. The van der Waals surface area contributed by atoms with Crippen molar-refractivity contribution in [3.63, 3.8) is 0 Å². The van der Waals surface area contributed by atoms with Crippen LogP contribution in [0.2, 0.25) is 10.0 Å². The van der Waals surface area contributed by atoms with Gasteiger partial charge in [0.15, 0.2) is 0 Å². The Labute approximate surface area is 142 Å². The predicted molar refractivity (Wildman–Crippen MR) is 85.0 cm³/mol. The molecule has 0 saturated heterocycles. The van der Waals surface area contributed by atoms with Gasteiger partial charge in [-0.3, -0.25) is 4.72 Å². The van der Waals surface area contributed by atoms with Crippen LogP contribution >= 0.6 is 23.2 Å². The second-order valence-electron chi connectivity index (χ2n) is 4.37. The molecule has 0 saturated carbocycles. The van der Waals surface area contributed by atoms with E-state index in [0.29, 0.717) is 0 Å². The quantitative estimate of drug-likeness (QED) is 0.824. The van der Waals surface area contributed by atoms with E-state index >= 15 is 0 Å². The number of sulfonamides is 1. The molecule has 5 nitrogen and oxygen atoms in total. The first-order valence-corrected chi connectivity index (χ1v) is 8.34. The van der Waals surface area contributed by atoms with E-state index in [1.807, 2.05) is 0 Å². The van der Waals surface area contributed by atoms with Crippen molar-refractivity contribution in [1.29, 1.82) is 0 Å². The molecule has 2 rings (SSSR count). The molecule has 0 aliphatic carbocycles. The van der Waals surface area contributed by atoms with Gasteiger partial charge in [0.25, 0.3) is 10.0 Å². The molecule has 9 heteroatoms. The Morgan fingerprint density at radius 1 is 1.17 bits per heavy atom. The lowest BCUT2D eigenvalue weighted by atomic mass is 10.2. The smallest absolute Gasteiger partial charge is 0.337 e. The molecule has 0 spiro atoms. The molecule has 122 valence electrons. The molecule has 0 bridgehead atoms. The normalized spacial score (nSPS) is 11.1. The van der Waals surface area contributed by atoms with Crippen LogP contribution in [0.5, 0.6) is 0 Å². The van der Waals surface area contributed by atoms with Crippen LogP contribution in [0.25, 0.3) is 0 Å². The summed E-state index contributed by atoms with van der Waals surface area (Å²) >= 11 is 11.7. The van der Waals surface area contributed by atoms with Crippen LogP contribution in [-0.2, 0) is 14.8 Å². The highest BCUT2D eigenvalue weighted by molar-refractivity contribution is 7.92. The van der Waals surface area contributed by atoms with Gasteiger partial charge in [0.1, 0.15) is 10.7 Å². The van der Waals surface area contributed by atoms with E-state index in [0.717, 1.165) is 25.3 Å². The maximum atomic E-state index is 13.9. The SMILES string of the molecule is COC(=O)c1ccc(F)c(S(=O)(=O)Nc2cc(Cl)ccc2Cl)c1. The number of carbonyl (C=O) groups excluding carboxylic acids is 1. The van der Waals surface area contributed by atoms with Gasteiger partial charge >= 0.3 is 5.97 Å². The van der Waals surface area contributed by atoms with Gasteiger partial charge in [-0.15, -0.1) is 0 Å². The highest BCUT2D eigenvalue weighted by Gasteiger charge is 2.22. The Balaban J connectivity index is 2.47. The van der Waals surface area contributed by atoms with Crippen LogP contribution in [0, 0.1) is 5.82 Å². The maximum Gasteiger partial charge on any atom is 0.337 e. The van der Waals surface area contributed by atoms with Crippen LogP contribution in [0.3, 0.4) is 0 Å². The Hall–Kier alpha value is -1.83. The van der Waals surface area contributed by atoms with Crippen molar-refractivity contribution in [2.75, 3.05) is 11.8 Å². The van der Waals surface area contributed by atoms with Gasteiger partial charge in [-0.2, -0.15) is 0 Å². The largest absolute Gasteiger partial charge is 0.465 e. The molecule has 0 atom stereocenters. The highest BCUT2D eigenvalue weighted by Crippen LogP contribution is 2.28. The highest BCUT2D eigenvalue weighted by atomic mass is 35.5. The summed E-state index contributed by atoms with van der Waals surface area (Å²) in [7, 11) is -3.19. The number of hydrogen-bond acceptors (Lipinski definition) is 4. The third kappa shape index (κ3) is 3.93. The number of carbonyl (C=O) groups is 1. The van der Waals surface area contributed by atoms with Crippen LogP contribution in [0.15, 0.2) is 41.3 Å². The van der Waals surface area contributed by atoms with Crippen LogP contribution in [-0.4, -0.2) is 21.5 Å². The number of rotatable bonds is 4. The van der Waals surface area contributed by atoms with Gasteiger partial charge in [0.2, 0.25) is 0 Å². The molecular weight excluding hydrogens is 368 g/mol. The molecule has 0 aromatic heterocycles. The van der Waals surface area contributed by atoms with E-state index in [9.17, 15) is 17.6 Å². The number of methoxy groups -OCH3 is 1. The average molecular weight is 378 g/mol. The summed E-state index contributed by atoms with van der Waals surface area (Å²) in [6, 6.07) is 7.00. The summed E-state index contributed by atoms with van der Waals surface area (Å²) < 4.78 is 45.2. The first-order chi connectivity index (χ1) is 10.7. The van der Waals surface area contributed by atoms with Crippen molar-refractivity contribution in [3.05, 3.63) is 57.8 Å². The zero-order valence-electron chi connectivity index (χ0n) is 11.6. The molecule has 0 aliphatic rings. The summed E-state index contributed by atoms with van der Waals surface area (Å²) in [5.74, 6) is -1.81. The lowest BCUT2D eigenvalue weighted by molar-refractivity contribution is 0.0600. The van der Waals surface area contributed by atoms with Crippen molar-refractivity contribution in [2.24, 2.45) is 0 Å². The van der Waals surface area contributed by atoms with Gasteiger partial charge in [-0.25, -0.2) is 17.6 Å². The Kier molecular flexibility index (Phi) is 5.13. The number of ether oxygens (including phenoxy) is 1. The fourth-order valence-corrected chi connectivity index (χ4v) is 3.30. The van der Waals surface area contributed by atoms with Crippen molar-refractivity contribution >= 4 is 44.9 Å². The summed E-state index contributed by atoms with van der Waals surface area (Å²) in [4.78, 5) is 10.8. The van der Waals surface area contributed by atoms with Gasteiger partial charge in [-0.1, -0.05) is 23.2 Å². The monoisotopic (exact) mass is 377 g/mol. The van der Waals surface area contributed by atoms with Gasteiger partial charge in [-0.05, 0) is 36.4 Å². The molecule has 23 heavy (non-hydrogen) atoms. The summed E-state index contributed by atoms with van der Waals surface area (Å²) in [6.07, 6.45) is 0. The second-order valence-corrected chi connectivity index (χ2v) is 6.86. The van der Waals surface area contributed by atoms with Crippen LogP contribution in [0.1, 0.15) is 10.4 Å². The second kappa shape index (κ2) is 6.74. The zero-order valence-corrected chi connectivity index (χ0v) is 14.0. The zero-order chi connectivity index (χ0) is 17.2. The first-order valence-electron chi connectivity index (χ1n) is 6.10. The van der Waals surface area contributed by atoms with Crippen LogP contribution < -0.4 is 4.72 Å². The standard InChI is InChI=1S/C14H10Cl2FNO4S/c1-22-14(19)8-2-5-11(17)13(6-8)23(20,21)18-12-7-9(15)3-4-10(12)16/h2-7,18H,1H3. The van der Waals surface area contributed by atoms with E-state index in [4.69, 9.17) is 23.2 Å². The Bertz CT molecular complexity index is 871. The number of esters is 1. The van der Waals surface area contributed by atoms with Crippen molar-refractivity contribution in [2.45, 2.75) is 4.90 Å². The molecule has 0 aliphatic heterocycles. The maximum absolute atomic E-state index is 13.9. The van der Waals surface area contributed by atoms with Crippen molar-refractivity contribution in [3.8, 4) is 0 Å². The van der Waals surface area contributed by atoms with Gasteiger partial charge in [0.05, 0.1) is 23.4 Å². The number of nitrogens with one attached hydrogen (secondary N) is 1. The fraction of sp³-hybridized carbons (Fsp3) is 0.0714. The lowest BCUT2D eigenvalue weighted by Gasteiger charge is -2.11. The minimum atomic E-state index is -4.32. The number of hydrogen-bond donors (Lipinski definition) is 1. The van der Waals surface area contributed by atoms with E-state index < -0.39 is 26.7 Å². The molecule has 0 fully saturated rings. The molecule has 0 amide bonds. The molecule has 2 aromatic carbocycles. The van der Waals surface area contributed by atoms with Gasteiger partial charge in [0, 0.05) is 5.02 Å². The third-order valence-electron chi connectivity index (χ3n) is 2.81. The van der Waals surface area contributed by atoms with Crippen LogP contribution in [0.4, 0.5) is 10.1 Å². The Morgan fingerprint density at radius 2 is 1.87 bits per heavy atom. The predicted octanol–water partition coefficient (Wildman–Crippen LogP) is 3.72. The number of anilines is 1. The van der Waals surface area contributed by atoms with E-state index in [1.165, 1.54) is 18.2 Å². The summed E-state index contributed by atoms with van der Waals surface area (Å²) in [5.41, 5.74) is -0.117. The van der Waals surface area contributed by atoms with Gasteiger partial charge < -0.3 is 4.74 Å². The molecule has 0 radical (unpaired) electrons. The molecule has 0 heterocycles. The topological polar surface area (TPSA) is 72.5 Å². The fourth-order valence-electron chi connectivity index (χ4n) is 1.73.